The van der Waals surface area contributed by atoms with E-state index < -0.39 is 0 Å². The number of allylic oxidation sites excluding steroid dienone is 3. The van der Waals surface area contributed by atoms with E-state index in [1.54, 1.807) is 6.08 Å². The van der Waals surface area contributed by atoms with Crippen molar-refractivity contribution in [3.8, 4) is 0 Å². The minimum atomic E-state index is 0.559. The van der Waals surface area contributed by atoms with Gasteiger partial charge in [-0.15, -0.1) is 0 Å². The molecule has 1 aliphatic heterocycles. The Bertz CT molecular complexity index is 677. The van der Waals surface area contributed by atoms with E-state index in [0.717, 1.165) is 16.1 Å². The van der Waals surface area contributed by atoms with Crippen LogP contribution in [-0.4, -0.2) is 6.54 Å². The number of para-hydroxylation sites is 1. The number of ether oxygens (including phenoxy) is 1. The van der Waals surface area contributed by atoms with E-state index in [1.165, 1.54) is 0 Å². The van der Waals surface area contributed by atoms with Gasteiger partial charge < -0.3 is 4.74 Å². The summed E-state index contributed by atoms with van der Waals surface area (Å²) in [6.45, 7) is 10.2. The summed E-state index contributed by atoms with van der Waals surface area (Å²) in [5.74, 6) is 1.29. The molecule has 0 amide bonds. The maximum atomic E-state index is 5.74. The molecule has 0 atom stereocenters. The molecule has 0 spiro atoms. The Morgan fingerprint density at radius 2 is 2.11 bits per heavy atom. The normalized spacial score (nSPS) is 21.1. The van der Waals surface area contributed by atoms with Gasteiger partial charge in [0.25, 0.3) is 0 Å². The van der Waals surface area contributed by atoms with Gasteiger partial charge in [0, 0.05) is 10.8 Å². The molecule has 2 rings (SSSR count). The molecule has 0 saturated heterocycles. The van der Waals surface area contributed by atoms with E-state index in [0.29, 0.717) is 18.1 Å². The third-order valence-corrected chi connectivity index (χ3v) is 2.78. The SMILES string of the molecule is C=C/C1=C(\C=C/C)CN=c2cccc/c2=C/C(=C)O1. The van der Waals surface area contributed by atoms with Crippen molar-refractivity contribution < 1.29 is 4.74 Å². The van der Waals surface area contributed by atoms with E-state index in [-0.39, 0.29) is 0 Å². The molecular weight excluding hydrogens is 234 g/mol. The summed E-state index contributed by atoms with van der Waals surface area (Å²) in [6.07, 6.45) is 7.54. The van der Waals surface area contributed by atoms with E-state index in [2.05, 4.69) is 18.2 Å². The standard InChI is InChI=1S/C17H17NO/c1-4-8-15-12-18-16-10-7-6-9-14(16)11-13(3)19-17(15)5-2/h4-11H,2-3,12H2,1H3/b8-4-,14-11-,17-15-,18-16?. The first-order chi connectivity index (χ1) is 9.24. The number of hydrogen-bond donors (Lipinski definition) is 0. The van der Waals surface area contributed by atoms with Crippen molar-refractivity contribution in [2.24, 2.45) is 4.99 Å². The molecule has 1 aromatic rings. The maximum Gasteiger partial charge on any atom is 0.131 e. The average Bonchev–Trinajstić information content (AvgIpc) is 2.48. The smallest absolute Gasteiger partial charge is 0.131 e. The van der Waals surface area contributed by atoms with Crippen LogP contribution in [-0.2, 0) is 4.74 Å². The highest BCUT2D eigenvalue weighted by Crippen LogP contribution is 2.15. The van der Waals surface area contributed by atoms with Crippen molar-refractivity contribution in [2.75, 3.05) is 6.54 Å². The summed E-state index contributed by atoms with van der Waals surface area (Å²) in [5.41, 5.74) is 0.990. The molecule has 0 fully saturated rings. The first kappa shape index (κ1) is 13.1. The van der Waals surface area contributed by atoms with E-state index >= 15 is 0 Å². The molecule has 0 unspecified atom stereocenters. The number of nitrogens with zero attached hydrogens (tertiary/aromatic N) is 1. The third kappa shape index (κ3) is 3.10. The molecule has 19 heavy (non-hydrogen) atoms. The molecule has 1 aromatic carbocycles. The van der Waals surface area contributed by atoms with Gasteiger partial charge in [-0.3, -0.25) is 4.99 Å². The fraction of sp³-hybridized carbons (Fsp3) is 0.118. The second-order valence-electron chi connectivity index (χ2n) is 4.18. The zero-order valence-corrected chi connectivity index (χ0v) is 11.1. The fourth-order valence-electron chi connectivity index (χ4n) is 1.92. The van der Waals surface area contributed by atoms with Gasteiger partial charge in [0.15, 0.2) is 0 Å². The second kappa shape index (κ2) is 6.01. The Kier molecular flexibility index (Phi) is 4.14. The monoisotopic (exact) mass is 251 g/mol. The molecule has 0 saturated carbocycles. The van der Waals surface area contributed by atoms with E-state index in [4.69, 9.17) is 4.74 Å². The summed E-state index contributed by atoms with van der Waals surface area (Å²) in [5, 5.41) is 1.96. The Morgan fingerprint density at radius 3 is 2.84 bits per heavy atom. The lowest BCUT2D eigenvalue weighted by Gasteiger charge is -2.08. The first-order valence-electron chi connectivity index (χ1n) is 6.21. The second-order valence-corrected chi connectivity index (χ2v) is 4.18. The summed E-state index contributed by atoms with van der Waals surface area (Å²) in [7, 11) is 0. The highest BCUT2D eigenvalue weighted by Gasteiger charge is 2.05. The van der Waals surface area contributed by atoms with Gasteiger partial charge in [0.1, 0.15) is 11.5 Å². The summed E-state index contributed by atoms with van der Waals surface area (Å²) in [4.78, 5) is 4.63. The van der Waals surface area contributed by atoms with E-state index in [9.17, 15) is 0 Å². The minimum Gasteiger partial charge on any atom is -0.458 e. The van der Waals surface area contributed by atoms with Crippen molar-refractivity contribution in [1.29, 1.82) is 0 Å². The van der Waals surface area contributed by atoms with Crippen molar-refractivity contribution in [3.63, 3.8) is 0 Å². The molecule has 2 heteroatoms. The van der Waals surface area contributed by atoms with Gasteiger partial charge in [0.2, 0.25) is 0 Å². The minimum absolute atomic E-state index is 0.559. The Labute approximate surface area is 113 Å². The van der Waals surface area contributed by atoms with Crippen LogP contribution in [0.1, 0.15) is 6.92 Å². The average molecular weight is 251 g/mol. The van der Waals surface area contributed by atoms with Gasteiger partial charge in [0.05, 0.1) is 11.9 Å². The predicted octanol–water partition coefficient (Wildman–Crippen LogP) is 2.65. The molecule has 2 nitrogen and oxygen atoms in total. The lowest BCUT2D eigenvalue weighted by molar-refractivity contribution is 0.341. The molecule has 0 bridgehead atoms. The van der Waals surface area contributed by atoms with Gasteiger partial charge in [-0.05, 0) is 25.1 Å². The van der Waals surface area contributed by atoms with Crippen LogP contribution in [0.2, 0.25) is 0 Å². The molecule has 1 heterocycles. The van der Waals surface area contributed by atoms with Crippen molar-refractivity contribution in [3.05, 3.63) is 83.3 Å². The van der Waals surface area contributed by atoms with Gasteiger partial charge in [-0.1, -0.05) is 43.5 Å². The summed E-state index contributed by atoms with van der Waals surface area (Å²) >= 11 is 0. The summed E-state index contributed by atoms with van der Waals surface area (Å²) < 4.78 is 5.74. The lowest BCUT2D eigenvalue weighted by atomic mass is 10.2. The van der Waals surface area contributed by atoms with Crippen LogP contribution in [0.25, 0.3) is 6.08 Å². The van der Waals surface area contributed by atoms with Crippen LogP contribution >= 0.6 is 0 Å². The highest BCUT2D eigenvalue weighted by atomic mass is 16.5. The zero-order chi connectivity index (χ0) is 13.7. The predicted molar refractivity (Wildman–Crippen MR) is 78.8 cm³/mol. The van der Waals surface area contributed by atoms with Crippen LogP contribution in [0.3, 0.4) is 0 Å². The first-order valence-corrected chi connectivity index (χ1v) is 6.21. The van der Waals surface area contributed by atoms with Crippen molar-refractivity contribution >= 4 is 6.08 Å². The fourth-order valence-corrected chi connectivity index (χ4v) is 1.92. The van der Waals surface area contributed by atoms with Gasteiger partial charge in [-0.25, -0.2) is 0 Å². The Balaban J connectivity index is 2.62. The third-order valence-electron chi connectivity index (χ3n) is 2.78. The molecule has 0 N–H and O–H groups in total. The molecular formula is C17H17NO. The lowest BCUT2D eigenvalue weighted by Crippen LogP contribution is -2.24. The Hall–Kier alpha value is -2.35. The summed E-state index contributed by atoms with van der Waals surface area (Å²) in [6, 6.07) is 7.95. The zero-order valence-electron chi connectivity index (χ0n) is 11.1. The van der Waals surface area contributed by atoms with Crippen LogP contribution < -0.4 is 10.6 Å². The molecule has 0 radical (unpaired) electrons. The number of benzene rings is 1. The van der Waals surface area contributed by atoms with Crippen LogP contribution in [0, 0.1) is 0 Å². The maximum absolute atomic E-state index is 5.74. The van der Waals surface area contributed by atoms with E-state index in [1.807, 2.05) is 49.4 Å². The highest BCUT2D eigenvalue weighted by molar-refractivity contribution is 5.43. The number of rotatable bonds is 2. The Morgan fingerprint density at radius 1 is 1.32 bits per heavy atom. The number of fused-ring (bicyclic) bond motifs is 1. The van der Waals surface area contributed by atoms with Crippen molar-refractivity contribution in [2.45, 2.75) is 6.92 Å². The quantitative estimate of drug-likeness (QED) is 0.792. The van der Waals surface area contributed by atoms with Crippen LogP contribution in [0.4, 0.5) is 0 Å². The number of hydrogen-bond acceptors (Lipinski definition) is 2. The van der Waals surface area contributed by atoms with Gasteiger partial charge in [-0.2, -0.15) is 0 Å². The van der Waals surface area contributed by atoms with Crippen LogP contribution in [0.15, 0.2) is 77.7 Å². The van der Waals surface area contributed by atoms with Crippen molar-refractivity contribution in [1.82, 2.24) is 0 Å². The van der Waals surface area contributed by atoms with Crippen LogP contribution in [0.5, 0.6) is 0 Å². The molecule has 0 aliphatic carbocycles. The largest absolute Gasteiger partial charge is 0.458 e. The molecule has 96 valence electrons. The topological polar surface area (TPSA) is 21.6 Å². The van der Waals surface area contributed by atoms with Gasteiger partial charge >= 0.3 is 0 Å². The molecule has 1 aliphatic rings. The molecule has 0 aromatic heterocycles.